The highest BCUT2D eigenvalue weighted by molar-refractivity contribution is 6.32. The van der Waals surface area contributed by atoms with Gasteiger partial charge in [0.05, 0.1) is 4.92 Å². The second kappa shape index (κ2) is 4.94. The molecule has 0 aliphatic rings. The summed E-state index contributed by atoms with van der Waals surface area (Å²) in [6.45, 7) is 1.58. The number of hydrogen-bond acceptors (Lipinski definition) is 3. The van der Waals surface area contributed by atoms with Crippen molar-refractivity contribution in [3.8, 4) is 0 Å². The summed E-state index contributed by atoms with van der Waals surface area (Å²) >= 11 is 5.66. The fourth-order valence-corrected chi connectivity index (χ4v) is 1.34. The number of non-ortho nitro benzene ring substituents is 1. The second-order valence-corrected chi connectivity index (χ2v) is 3.94. The molecule has 1 aromatic rings. The predicted molar refractivity (Wildman–Crippen MR) is 61.8 cm³/mol. The molecule has 0 spiro atoms. The van der Waals surface area contributed by atoms with Crippen LogP contribution in [0.2, 0.25) is 0 Å². The minimum absolute atomic E-state index is 0.0106. The average Bonchev–Trinajstić information content (AvgIpc) is 2.27. The first kappa shape index (κ1) is 12.4. The van der Waals surface area contributed by atoms with Crippen LogP contribution in [0.1, 0.15) is 6.92 Å². The highest BCUT2D eigenvalue weighted by Gasteiger charge is 2.16. The van der Waals surface area contributed by atoms with E-state index < -0.39 is 10.3 Å². The van der Waals surface area contributed by atoms with Gasteiger partial charge >= 0.3 is 0 Å². The molecule has 1 aromatic carbocycles. The Morgan fingerprint density at radius 3 is 2.31 bits per heavy atom. The number of nitrogens with zero attached hydrogens (tertiary/aromatic N) is 2. The van der Waals surface area contributed by atoms with Crippen LogP contribution in [0.4, 0.5) is 11.4 Å². The molecule has 0 bridgehead atoms. The number of carbonyl (C=O) groups is 1. The Morgan fingerprint density at radius 2 is 1.94 bits per heavy atom. The van der Waals surface area contributed by atoms with Gasteiger partial charge < -0.3 is 4.90 Å². The monoisotopic (exact) mass is 242 g/mol. The molecule has 16 heavy (non-hydrogen) atoms. The maximum absolute atomic E-state index is 11.5. The van der Waals surface area contributed by atoms with Gasteiger partial charge in [0.15, 0.2) is 0 Å². The van der Waals surface area contributed by atoms with Crippen molar-refractivity contribution >= 4 is 28.9 Å². The van der Waals surface area contributed by atoms with Crippen molar-refractivity contribution in [2.24, 2.45) is 0 Å². The standard InChI is InChI=1S/C10H11ClN2O3/c1-7(11)10(14)12(2)8-3-5-9(6-4-8)13(15)16/h3-7H,1-2H3. The van der Waals surface area contributed by atoms with Gasteiger partial charge in [-0.1, -0.05) is 0 Å². The zero-order chi connectivity index (χ0) is 12.3. The van der Waals surface area contributed by atoms with Crippen molar-refractivity contribution in [3.63, 3.8) is 0 Å². The molecule has 1 rings (SSSR count). The van der Waals surface area contributed by atoms with E-state index >= 15 is 0 Å². The number of benzene rings is 1. The van der Waals surface area contributed by atoms with Gasteiger partial charge in [-0.3, -0.25) is 14.9 Å². The van der Waals surface area contributed by atoms with E-state index in [0.29, 0.717) is 5.69 Å². The lowest BCUT2D eigenvalue weighted by molar-refractivity contribution is -0.384. The number of alkyl halides is 1. The Balaban J connectivity index is 2.89. The number of nitro groups is 1. The predicted octanol–water partition coefficient (Wildman–Crippen LogP) is 2.18. The van der Waals surface area contributed by atoms with E-state index in [2.05, 4.69) is 0 Å². The Hall–Kier alpha value is -1.62. The molecule has 0 heterocycles. The van der Waals surface area contributed by atoms with Gasteiger partial charge in [-0.25, -0.2) is 0 Å². The van der Waals surface area contributed by atoms with Crippen LogP contribution in [0.3, 0.4) is 0 Å². The lowest BCUT2D eigenvalue weighted by Gasteiger charge is -2.18. The first-order valence-electron chi connectivity index (χ1n) is 4.59. The van der Waals surface area contributed by atoms with Crippen molar-refractivity contribution in [2.45, 2.75) is 12.3 Å². The molecule has 1 amide bonds. The van der Waals surface area contributed by atoms with Gasteiger partial charge in [-0.15, -0.1) is 11.6 Å². The minimum Gasteiger partial charge on any atom is -0.314 e. The normalized spacial score (nSPS) is 11.9. The molecule has 0 saturated carbocycles. The summed E-state index contributed by atoms with van der Waals surface area (Å²) in [7, 11) is 1.57. The first-order chi connectivity index (χ1) is 7.43. The smallest absolute Gasteiger partial charge is 0.269 e. The van der Waals surface area contributed by atoms with E-state index in [-0.39, 0.29) is 11.6 Å². The fraction of sp³-hybridized carbons (Fsp3) is 0.300. The molecule has 0 N–H and O–H groups in total. The van der Waals surface area contributed by atoms with Crippen LogP contribution in [0.5, 0.6) is 0 Å². The molecular weight excluding hydrogens is 232 g/mol. The van der Waals surface area contributed by atoms with E-state index in [1.165, 1.54) is 29.2 Å². The summed E-state index contributed by atoms with van der Waals surface area (Å²) in [6, 6.07) is 5.71. The first-order valence-corrected chi connectivity index (χ1v) is 5.03. The molecule has 6 heteroatoms. The number of halogens is 1. The second-order valence-electron chi connectivity index (χ2n) is 3.29. The SMILES string of the molecule is CC(Cl)C(=O)N(C)c1ccc([N+](=O)[O-])cc1. The summed E-state index contributed by atoms with van der Waals surface area (Å²) in [5, 5.41) is 9.80. The van der Waals surface area contributed by atoms with E-state index in [0.717, 1.165) is 0 Å². The van der Waals surface area contributed by atoms with Gasteiger partial charge in [0.1, 0.15) is 5.38 Å². The van der Waals surface area contributed by atoms with Gasteiger partial charge in [0, 0.05) is 24.9 Å². The molecule has 0 radical (unpaired) electrons. The minimum atomic E-state index is -0.625. The highest BCUT2D eigenvalue weighted by Crippen LogP contribution is 2.19. The van der Waals surface area contributed by atoms with Crippen molar-refractivity contribution in [2.75, 3.05) is 11.9 Å². The van der Waals surface area contributed by atoms with Crippen LogP contribution in [-0.2, 0) is 4.79 Å². The topological polar surface area (TPSA) is 63.5 Å². The van der Waals surface area contributed by atoms with E-state index in [1.807, 2.05) is 0 Å². The molecular formula is C10H11ClN2O3. The van der Waals surface area contributed by atoms with Crippen molar-refractivity contribution < 1.29 is 9.72 Å². The van der Waals surface area contributed by atoms with Crippen LogP contribution in [-0.4, -0.2) is 23.3 Å². The Morgan fingerprint density at radius 1 is 1.44 bits per heavy atom. The maximum atomic E-state index is 11.5. The zero-order valence-corrected chi connectivity index (χ0v) is 9.64. The molecule has 0 saturated heterocycles. The lowest BCUT2D eigenvalue weighted by Crippen LogP contribution is -2.31. The summed E-state index contributed by atoms with van der Waals surface area (Å²) in [4.78, 5) is 22.8. The van der Waals surface area contributed by atoms with E-state index in [4.69, 9.17) is 11.6 Å². The third-order valence-corrected chi connectivity index (χ3v) is 2.31. The summed E-state index contributed by atoms with van der Waals surface area (Å²) in [5.41, 5.74) is 0.562. The maximum Gasteiger partial charge on any atom is 0.269 e. The zero-order valence-electron chi connectivity index (χ0n) is 8.88. The van der Waals surface area contributed by atoms with Crippen LogP contribution in [0.15, 0.2) is 24.3 Å². The van der Waals surface area contributed by atoms with Crippen molar-refractivity contribution in [1.82, 2.24) is 0 Å². The molecule has 1 atom stereocenters. The quantitative estimate of drug-likeness (QED) is 0.464. The Bertz CT molecular complexity index is 403. The van der Waals surface area contributed by atoms with Crippen LogP contribution >= 0.6 is 11.6 Å². The third kappa shape index (κ3) is 2.70. The number of hydrogen-bond donors (Lipinski definition) is 0. The molecule has 0 aromatic heterocycles. The number of rotatable bonds is 3. The number of nitro benzene ring substituents is 1. The van der Waals surface area contributed by atoms with Gasteiger partial charge in [-0.05, 0) is 19.1 Å². The van der Waals surface area contributed by atoms with Crippen LogP contribution in [0.25, 0.3) is 0 Å². The van der Waals surface area contributed by atoms with Gasteiger partial charge in [0.2, 0.25) is 5.91 Å². The number of amides is 1. The fourth-order valence-electron chi connectivity index (χ4n) is 1.19. The van der Waals surface area contributed by atoms with Crippen LogP contribution < -0.4 is 4.90 Å². The van der Waals surface area contributed by atoms with E-state index in [1.54, 1.807) is 14.0 Å². The Kier molecular flexibility index (Phi) is 3.84. The Labute approximate surface area is 97.8 Å². The summed E-state index contributed by atoms with van der Waals surface area (Å²) in [5.74, 6) is -0.254. The van der Waals surface area contributed by atoms with Crippen LogP contribution in [0, 0.1) is 10.1 Å². The number of carbonyl (C=O) groups excluding carboxylic acids is 1. The lowest BCUT2D eigenvalue weighted by atomic mass is 10.2. The van der Waals surface area contributed by atoms with Gasteiger partial charge in [-0.2, -0.15) is 0 Å². The van der Waals surface area contributed by atoms with E-state index in [9.17, 15) is 14.9 Å². The molecule has 86 valence electrons. The molecule has 1 unspecified atom stereocenters. The summed E-state index contributed by atoms with van der Waals surface area (Å²) < 4.78 is 0. The number of anilines is 1. The molecule has 5 nitrogen and oxygen atoms in total. The summed E-state index contributed by atoms with van der Waals surface area (Å²) in [6.07, 6.45) is 0. The van der Waals surface area contributed by atoms with Crippen molar-refractivity contribution in [3.05, 3.63) is 34.4 Å². The molecule has 0 aliphatic carbocycles. The third-order valence-electron chi connectivity index (χ3n) is 2.12. The average molecular weight is 243 g/mol. The molecule has 0 aliphatic heterocycles. The van der Waals surface area contributed by atoms with Crippen molar-refractivity contribution in [1.29, 1.82) is 0 Å². The van der Waals surface area contributed by atoms with Gasteiger partial charge in [0.25, 0.3) is 5.69 Å². The highest BCUT2D eigenvalue weighted by atomic mass is 35.5. The largest absolute Gasteiger partial charge is 0.314 e. The molecule has 0 fully saturated rings.